The maximum absolute atomic E-state index is 13.6. The molecule has 0 saturated carbocycles. The predicted molar refractivity (Wildman–Crippen MR) is 128 cm³/mol. The zero-order valence-corrected chi connectivity index (χ0v) is 18.6. The molecule has 0 unspecified atom stereocenters. The van der Waals surface area contributed by atoms with E-state index in [1.54, 1.807) is 48.2 Å². The Morgan fingerprint density at radius 1 is 1.03 bits per heavy atom. The zero-order valence-electron chi connectivity index (χ0n) is 18.6. The number of fused-ring (bicyclic) bond motifs is 1. The van der Waals surface area contributed by atoms with Crippen molar-refractivity contribution >= 4 is 23.5 Å². The Kier molecular flexibility index (Phi) is 5.55. The van der Waals surface area contributed by atoms with Gasteiger partial charge in [0.15, 0.2) is 0 Å². The average molecular weight is 455 g/mol. The molecule has 1 atom stereocenters. The number of carbonyl (C=O) groups is 1. The molecule has 1 aromatic heterocycles. The van der Waals surface area contributed by atoms with E-state index in [0.29, 0.717) is 17.3 Å². The Balaban J connectivity index is 1.48. The smallest absolute Gasteiger partial charge is 0.258 e. The van der Waals surface area contributed by atoms with Crippen LogP contribution in [0, 0.1) is 12.7 Å². The lowest BCUT2D eigenvalue weighted by atomic mass is 10.0. The minimum absolute atomic E-state index is 0.161. The van der Waals surface area contributed by atoms with Crippen LogP contribution in [0.1, 0.15) is 33.1 Å². The number of allylic oxidation sites excluding steroid dienone is 1. The highest BCUT2D eigenvalue weighted by molar-refractivity contribution is 6.03. The molecule has 3 aromatic carbocycles. The average Bonchev–Trinajstić information content (AvgIpc) is 3.27. The van der Waals surface area contributed by atoms with Crippen molar-refractivity contribution in [1.82, 2.24) is 14.8 Å². The summed E-state index contributed by atoms with van der Waals surface area (Å²) in [5, 5.41) is 10.6. The molecule has 0 aliphatic carbocycles. The van der Waals surface area contributed by atoms with Gasteiger partial charge >= 0.3 is 0 Å². The van der Waals surface area contributed by atoms with Crippen molar-refractivity contribution in [3.8, 4) is 5.75 Å². The number of amides is 1. The molecule has 2 N–H and O–H groups in total. The van der Waals surface area contributed by atoms with Gasteiger partial charge in [-0.1, -0.05) is 42.0 Å². The number of aryl methyl sites for hydroxylation is 1. The van der Waals surface area contributed by atoms with E-state index < -0.39 is 0 Å². The molecule has 4 aromatic rings. The lowest BCUT2D eigenvalue weighted by Crippen LogP contribution is -2.20. The molecule has 170 valence electrons. The third-order valence-corrected chi connectivity index (χ3v) is 5.62. The topological polar surface area (TPSA) is 81.1 Å². The van der Waals surface area contributed by atoms with Gasteiger partial charge in [0.05, 0.1) is 7.11 Å². The second kappa shape index (κ2) is 8.82. The first-order valence-electron chi connectivity index (χ1n) is 10.7. The van der Waals surface area contributed by atoms with Crippen LogP contribution in [0.25, 0.3) is 5.70 Å². The standard InChI is InChI=1S/C26H22FN5O2/c1-16-3-5-17(6-4-16)22-15-23(18-7-11-20(27)12-8-18)32-26(28-22)30-25(31-32)29-24(33)19-9-13-21(34-2)14-10-19/h3-15,23H,1-2H3,(H2,28,29,30,31,33)/t23-/m0/s1. The predicted octanol–water partition coefficient (Wildman–Crippen LogP) is 5.04. The molecule has 0 radical (unpaired) electrons. The molecule has 34 heavy (non-hydrogen) atoms. The monoisotopic (exact) mass is 455 g/mol. The molecule has 7 nitrogen and oxygen atoms in total. The first kappa shape index (κ1) is 21.4. The van der Waals surface area contributed by atoms with Gasteiger partial charge in [-0.05, 0) is 60.5 Å². The van der Waals surface area contributed by atoms with E-state index in [9.17, 15) is 9.18 Å². The van der Waals surface area contributed by atoms with Crippen molar-refractivity contribution in [2.24, 2.45) is 0 Å². The van der Waals surface area contributed by atoms with Crippen LogP contribution in [0.2, 0.25) is 0 Å². The van der Waals surface area contributed by atoms with E-state index >= 15 is 0 Å². The Labute approximate surface area is 195 Å². The Hall–Kier alpha value is -4.46. The van der Waals surface area contributed by atoms with Crippen molar-refractivity contribution in [1.29, 1.82) is 0 Å². The van der Waals surface area contributed by atoms with Crippen molar-refractivity contribution in [3.05, 3.63) is 107 Å². The molecular formula is C26H22FN5O2. The highest BCUT2D eigenvalue weighted by atomic mass is 19.1. The second-order valence-corrected chi connectivity index (χ2v) is 7.95. The summed E-state index contributed by atoms with van der Waals surface area (Å²) in [6.07, 6.45) is 2.01. The first-order chi connectivity index (χ1) is 16.5. The van der Waals surface area contributed by atoms with Crippen molar-refractivity contribution in [2.45, 2.75) is 13.0 Å². The van der Waals surface area contributed by atoms with E-state index in [1.165, 1.54) is 12.1 Å². The van der Waals surface area contributed by atoms with Crippen LogP contribution in [0.5, 0.6) is 5.75 Å². The van der Waals surface area contributed by atoms with Crippen LogP contribution in [-0.2, 0) is 0 Å². The summed E-state index contributed by atoms with van der Waals surface area (Å²) in [5.41, 5.74) is 4.28. The largest absolute Gasteiger partial charge is 0.497 e. The molecule has 2 heterocycles. The summed E-state index contributed by atoms with van der Waals surface area (Å²) in [6, 6.07) is 20.8. The number of carbonyl (C=O) groups excluding carboxylic acids is 1. The third kappa shape index (κ3) is 4.25. The van der Waals surface area contributed by atoms with Gasteiger partial charge in [-0.15, -0.1) is 5.10 Å². The Morgan fingerprint density at radius 3 is 2.41 bits per heavy atom. The van der Waals surface area contributed by atoms with E-state index in [1.807, 2.05) is 37.3 Å². The first-order valence-corrected chi connectivity index (χ1v) is 10.7. The third-order valence-electron chi connectivity index (χ3n) is 5.62. The maximum atomic E-state index is 13.6. The van der Waals surface area contributed by atoms with Gasteiger partial charge in [0.25, 0.3) is 11.9 Å². The van der Waals surface area contributed by atoms with Gasteiger partial charge in [-0.2, -0.15) is 4.98 Å². The van der Waals surface area contributed by atoms with Crippen LogP contribution in [0.3, 0.4) is 0 Å². The van der Waals surface area contributed by atoms with Crippen LogP contribution in [0.4, 0.5) is 16.3 Å². The zero-order chi connectivity index (χ0) is 23.7. The summed E-state index contributed by atoms with van der Waals surface area (Å²) >= 11 is 0. The fraction of sp³-hybridized carbons (Fsp3) is 0.115. The van der Waals surface area contributed by atoms with Crippen LogP contribution in [-0.4, -0.2) is 27.8 Å². The minimum atomic E-state index is -0.340. The summed E-state index contributed by atoms with van der Waals surface area (Å²) < 4.78 is 20.4. The molecule has 0 spiro atoms. The fourth-order valence-electron chi connectivity index (χ4n) is 3.76. The highest BCUT2D eigenvalue weighted by Crippen LogP contribution is 2.33. The van der Waals surface area contributed by atoms with Gasteiger partial charge < -0.3 is 10.1 Å². The number of hydrogen-bond donors (Lipinski definition) is 2. The molecule has 5 rings (SSSR count). The molecule has 0 fully saturated rings. The number of halogens is 1. The minimum Gasteiger partial charge on any atom is -0.497 e. The van der Waals surface area contributed by atoms with Gasteiger partial charge in [0.2, 0.25) is 5.95 Å². The summed E-state index contributed by atoms with van der Waals surface area (Å²) in [4.78, 5) is 17.2. The number of anilines is 2. The van der Waals surface area contributed by atoms with Gasteiger partial charge in [0.1, 0.15) is 17.6 Å². The maximum Gasteiger partial charge on any atom is 0.258 e. The summed E-state index contributed by atoms with van der Waals surface area (Å²) in [6.45, 7) is 2.03. The van der Waals surface area contributed by atoms with Crippen LogP contribution < -0.4 is 15.4 Å². The van der Waals surface area contributed by atoms with Crippen molar-refractivity contribution in [3.63, 3.8) is 0 Å². The van der Waals surface area contributed by atoms with E-state index in [0.717, 1.165) is 22.4 Å². The molecular weight excluding hydrogens is 433 g/mol. The van der Waals surface area contributed by atoms with E-state index in [4.69, 9.17) is 4.74 Å². The summed E-state index contributed by atoms with van der Waals surface area (Å²) in [5.74, 6) is 0.641. The number of hydrogen-bond acceptors (Lipinski definition) is 5. The SMILES string of the molecule is COc1ccc(C(=O)Nc2nc3n(n2)[C@H](c2ccc(F)cc2)C=C(c2ccc(C)cc2)N3)cc1. The Bertz CT molecular complexity index is 1360. The molecule has 1 amide bonds. The number of nitrogens with zero attached hydrogens (tertiary/aromatic N) is 3. The molecule has 1 aliphatic heterocycles. The highest BCUT2D eigenvalue weighted by Gasteiger charge is 2.26. The fourth-order valence-corrected chi connectivity index (χ4v) is 3.76. The van der Waals surface area contributed by atoms with Gasteiger partial charge in [0, 0.05) is 11.3 Å². The van der Waals surface area contributed by atoms with Gasteiger partial charge in [-0.3, -0.25) is 10.1 Å². The quantitative estimate of drug-likeness (QED) is 0.441. The van der Waals surface area contributed by atoms with Gasteiger partial charge in [-0.25, -0.2) is 9.07 Å². The normalized spacial score (nSPS) is 14.6. The van der Waals surface area contributed by atoms with E-state index in [2.05, 4.69) is 20.7 Å². The molecule has 1 aliphatic rings. The molecule has 8 heteroatoms. The second-order valence-electron chi connectivity index (χ2n) is 7.95. The number of aromatic nitrogens is 3. The number of ether oxygens (including phenoxy) is 1. The van der Waals surface area contributed by atoms with Crippen molar-refractivity contribution in [2.75, 3.05) is 17.7 Å². The summed E-state index contributed by atoms with van der Waals surface area (Å²) in [7, 11) is 1.57. The number of methoxy groups -OCH3 is 1. The lowest BCUT2D eigenvalue weighted by molar-refractivity contribution is 0.102. The molecule has 0 bridgehead atoms. The van der Waals surface area contributed by atoms with E-state index in [-0.39, 0.29) is 23.7 Å². The number of nitrogens with one attached hydrogen (secondary N) is 2. The Morgan fingerprint density at radius 2 is 1.74 bits per heavy atom. The number of rotatable bonds is 5. The van der Waals surface area contributed by atoms with Crippen LogP contribution >= 0.6 is 0 Å². The number of benzene rings is 3. The molecule has 0 saturated heterocycles. The lowest BCUT2D eigenvalue weighted by Gasteiger charge is -2.24. The van der Waals surface area contributed by atoms with Crippen LogP contribution in [0.15, 0.2) is 78.9 Å². The van der Waals surface area contributed by atoms with Crippen molar-refractivity contribution < 1.29 is 13.9 Å².